The lowest BCUT2D eigenvalue weighted by atomic mass is 10.2. The summed E-state index contributed by atoms with van der Waals surface area (Å²) < 4.78 is 11.6. The van der Waals surface area contributed by atoms with Gasteiger partial charge in [0.25, 0.3) is 5.24 Å². The summed E-state index contributed by atoms with van der Waals surface area (Å²) in [5.41, 5.74) is 0.804. The fraction of sp³-hybridized carbons (Fsp3) is 0.143. The molecule has 12 heavy (non-hydrogen) atoms. The van der Waals surface area contributed by atoms with Crippen molar-refractivity contribution in [2.45, 2.75) is 6.42 Å². The number of hydrogen-bond donors (Lipinski definition) is 1. The first-order valence-corrected chi connectivity index (χ1v) is 3.60. The highest BCUT2D eigenvalue weighted by atomic mass is 35.5. The standard InChI is InChI=1S/C7H6ClFN2O/c8-7(12)5-4-10-11-6(5)2-1-3-9/h1,3-4H,2H2,(H,10,11). The van der Waals surface area contributed by atoms with Gasteiger partial charge in [0, 0.05) is 6.42 Å². The van der Waals surface area contributed by atoms with Crippen LogP contribution in [0, 0.1) is 0 Å². The highest BCUT2D eigenvalue weighted by molar-refractivity contribution is 6.67. The van der Waals surface area contributed by atoms with Crippen molar-refractivity contribution in [2.75, 3.05) is 0 Å². The number of carbonyl (C=O) groups excluding carboxylic acids is 1. The molecule has 0 aliphatic carbocycles. The van der Waals surface area contributed by atoms with Gasteiger partial charge in [-0.15, -0.1) is 0 Å². The zero-order valence-corrected chi connectivity index (χ0v) is 6.81. The summed E-state index contributed by atoms with van der Waals surface area (Å²) in [5.74, 6) is 0. The molecule has 1 rings (SSSR count). The molecular weight excluding hydrogens is 183 g/mol. The predicted octanol–water partition coefficient (Wildman–Crippen LogP) is 1.81. The van der Waals surface area contributed by atoms with Gasteiger partial charge in [-0.25, -0.2) is 4.39 Å². The Bertz CT molecular complexity index is 308. The van der Waals surface area contributed by atoms with Crippen molar-refractivity contribution in [3.05, 3.63) is 29.9 Å². The third-order valence-corrected chi connectivity index (χ3v) is 1.54. The van der Waals surface area contributed by atoms with Crippen LogP contribution in [0.3, 0.4) is 0 Å². The monoisotopic (exact) mass is 188 g/mol. The van der Waals surface area contributed by atoms with E-state index in [1.54, 1.807) is 0 Å². The van der Waals surface area contributed by atoms with Gasteiger partial charge in [0.15, 0.2) is 0 Å². The zero-order chi connectivity index (χ0) is 8.97. The first-order chi connectivity index (χ1) is 5.75. The minimum Gasteiger partial charge on any atom is -0.281 e. The molecule has 5 heteroatoms. The van der Waals surface area contributed by atoms with E-state index in [9.17, 15) is 9.18 Å². The van der Waals surface area contributed by atoms with Crippen molar-refractivity contribution in [3.8, 4) is 0 Å². The Kier molecular flexibility index (Phi) is 2.99. The van der Waals surface area contributed by atoms with E-state index in [-0.39, 0.29) is 12.0 Å². The van der Waals surface area contributed by atoms with Gasteiger partial charge in [-0.05, 0) is 11.6 Å². The van der Waals surface area contributed by atoms with Crippen molar-refractivity contribution < 1.29 is 9.18 Å². The first-order valence-electron chi connectivity index (χ1n) is 3.23. The molecule has 1 N–H and O–H groups in total. The van der Waals surface area contributed by atoms with Crippen LogP contribution in [0.2, 0.25) is 0 Å². The van der Waals surface area contributed by atoms with Crippen LogP contribution in [0.5, 0.6) is 0 Å². The summed E-state index contributed by atoms with van der Waals surface area (Å²) in [5, 5.41) is 5.57. The molecule has 0 fully saturated rings. The molecule has 0 bridgehead atoms. The van der Waals surface area contributed by atoms with Gasteiger partial charge in [0.1, 0.15) is 0 Å². The molecule has 0 saturated carbocycles. The fourth-order valence-electron chi connectivity index (χ4n) is 0.800. The number of allylic oxidation sites excluding steroid dienone is 1. The van der Waals surface area contributed by atoms with Gasteiger partial charge in [0.05, 0.1) is 23.8 Å². The van der Waals surface area contributed by atoms with Crippen molar-refractivity contribution in [2.24, 2.45) is 0 Å². The van der Waals surface area contributed by atoms with Crippen LogP contribution in [0.15, 0.2) is 18.6 Å². The van der Waals surface area contributed by atoms with Gasteiger partial charge >= 0.3 is 0 Å². The fourth-order valence-corrected chi connectivity index (χ4v) is 0.963. The van der Waals surface area contributed by atoms with E-state index >= 15 is 0 Å². The average Bonchev–Trinajstić information content (AvgIpc) is 2.48. The SMILES string of the molecule is O=C(Cl)c1cn[nH]c1CC=CF. The maximum absolute atomic E-state index is 11.6. The van der Waals surface area contributed by atoms with Crippen molar-refractivity contribution in [1.82, 2.24) is 10.2 Å². The van der Waals surface area contributed by atoms with Gasteiger partial charge < -0.3 is 0 Å². The summed E-state index contributed by atoms with van der Waals surface area (Å²) >= 11 is 5.21. The highest BCUT2D eigenvalue weighted by Gasteiger charge is 2.09. The molecule has 0 amide bonds. The third-order valence-electron chi connectivity index (χ3n) is 1.34. The molecule has 64 valence electrons. The van der Waals surface area contributed by atoms with Crippen LogP contribution in [0.4, 0.5) is 4.39 Å². The third kappa shape index (κ3) is 1.92. The highest BCUT2D eigenvalue weighted by Crippen LogP contribution is 2.08. The van der Waals surface area contributed by atoms with Crippen LogP contribution >= 0.6 is 11.6 Å². The Hall–Kier alpha value is -1.16. The summed E-state index contributed by atoms with van der Waals surface area (Å²) in [6, 6.07) is 0. The maximum atomic E-state index is 11.6. The lowest BCUT2D eigenvalue weighted by molar-refractivity contribution is 0.108. The molecule has 0 radical (unpaired) electrons. The normalized spacial score (nSPS) is 10.8. The summed E-state index contributed by atoms with van der Waals surface area (Å²) in [4.78, 5) is 10.7. The van der Waals surface area contributed by atoms with Gasteiger partial charge in [-0.3, -0.25) is 9.89 Å². The van der Waals surface area contributed by atoms with E-state index < -0.39 is 5.24 Å². The second-order valence-electron chi connectivity index (χ2n) is 2.10. The Balaban J connectivity index is 2.84. The molecule has 1 aromatic rings. The van der Waals surface area contributed by atoms with Crippen LogP contribution < -0.4 is 0 Å². The molecular formula is C7H6ClFN2O. The van der Waals surface area contributed by atoms with Crippen molar-refractivity contribution in [1.29, 1.82) is 0 Å². The Labute approximate surface area is 73.2 Å². The van der Waals surface area contributed by atoms with Crippen LogP contribution in [-0.4, -0.2) is 15.4 Å². The largest absolute Gasteiger partial charge is 0.281 e. The molecule has 0 saturated heterocycles. The van der Waals surface area contributed by atoms with Crippen molar-refractivity contribution in [3.63, 3.8) is 0 Å². The number of carbonyl (C=O) groups is 1. The number of halogens is 2. The van der Waals surface area contributed by atoms with Crippen LogP contribution in [0.25, 0.3) is 0 Å². The summed E-state index contributed by atoms with van der Waals surface area (Å²) in [6.07, 6.45) is 3.27. The van der Waals surface area contributed by atoms with E-state index in [0.717, 1.165) is 0 Å². The van der Waals surface area contributed by atoms with Gasteiger partial charge in [0.2, 0.25) is 0 Å². The molecule has 3 nitrogen and oxygen atoms in total. The maximum Gasteiger partial charge on any atom is 0.255 e. The molecule has 0 aliphatic rings. The van der Waals surface area contributed by atoms with Crippen molar-refractivity contribution >= 4 is 16.8 Å². The average molecular weight is 189 g/mol. The topological polar surface area (TPSA) is 45.8 Å². The minimum atomic E-state index is -0.592. The Morgan fingerprint density at radius 3 is 3.17 bits per heavy atom. The molecule has 0 unspecified atom stereocenters. The molecule has 0 atom stereocenters. The molecule has 0 aromatic carbocycles. The quantitative estimate of drug-likeness (QED) is 0.736. The molecule has 0 aliphatic heterocycles. The summed E-state index contributed by atoms with van der Waals surface area (Å²) in [7, 11) is 0. The van der Waals surface area contributed by atoms with Crippen LogP contribution in [0.1, 0.15) is 16.1 Å². The number of rotatable bonds is 3. The number of aromatic amines is 1. The number of aromatic nitrogens is 2. The number of nitrogens with one attached hydrogen (secondary N) is 1. The number of H-pyrrole nitrogens is 1. The van der Waals surface area contributed by atoms with E-state index in [2.05, 4.69) is 10.2 Å². The van der Waals surface area contributed by atoms with Gasteiger partial charge in [-0.2, -0.15) is 5.10 Å². The van der Waals surface area contributed by atoms with Crippen LogP contribution in [-0.2, 0) is 6.42 Å². The molecule has 0 spiro atoms. The zero-order valence-electron chi connectivity index (χ0n) is 6.05. The number of nitrogens with zero attached hydrogens (tertiary/aromatic N) is 1. The second kappa shape index (κ2) is 4.01. The predicted molar refractivity (Wildman–Crippen MR) is 42.7 cm³/mol. The number of hydrogen-bond acceptors (Lipinski definition) is 2. The first kappa shape index (κ1) is 8.93. The minimum absolute atomic E-state index is 0.282. The van der Waals surface area contributed by atoms with E-state index in [4.69, 9.17) is 11.6 Å². The lowest BCUT2D eigenvalue weighted by Gasteiger charge is -1.91. The second-order valence-corrected chi connectivity index (χ2v) is 2.45. The van der Waals surface area contributed by atoms with E-state index in [0.29, 0.717) is 12.0 Å². The Morgan fingerprint density at radius 2 is 2.58 bits per heavy atom. The van der Waals surface area contributed by atoms with Gasteiger partial charge in [-0.1, -0.05) is 6.08 Å². The van der Waals surface area contributed by atoms with E-state index in [1.807, 2.05) is 0 Å². The summed E-state index contributed by atoms with van der Waals surface area (Å²) in [6.45, 7) is 0. The molecule has 1 aromatic heterocycles. The lowest BCUT2D eigenvalue weighted by Crippen LogP contribution is -1.92. The molecule has 1 heterocycles. The smallest absolute Gasteiger partial charge is 0.255 e. The Morgan fingerprint density at radius 1 is 1.83 bits per heavy atom. The van der Waals surface area contributed by atoms with E-state index in [1.165, 1.54) is 12.3 Å².